The van der Waals surface area contributed by atoms with E-state index in [1.165, 1.54) is 18.4 Å². The first-order valence-electron chi connectivity index (χ1n) is 5.13. The summed E-state index contributed by atoms with van der Waals surface area (Å²) in [5, 5.41) is 8.98. The van der Waals surface area contributed by atoms with Gasteiger partial charge < -0.3 is 0 Å². The topological polar surface area (TPSA) is 27.0 Å². The van der Waals surface area contributed by atoms with Gasteiger partial charge in [-0.2, -0.15) is 5.26 Å². The van der Waals surface area contributed by atoms with Gasteiger partial charge in [0.2, 0.25) is 0 Å². The van der Waals surface area contributed by atoms with Crippen molar-refractivity contribution in [3.63, 3.8) is 0 Å². The molecule has 2 heteroatoms. The molecule has 0 bridgehead atoms. The average molecular weight is 176 g/mol. The summed E-state index contributed by atoms with van der Waals surface area (Å²) in [6.45, 7) is 5.10. The Labute approximate surface area is 79.8 Å². The summed E-state index contributed by atoms with van der Waals surface area (Å²) in [6.07, 6.45) is 5.76. The minimum absolute atomic E-state index is 0.187. The molecule has 2 saturated heterocycles. The van der Waals surface area contributed by atoms with E-state index in [4.69, 9.17) is 5.26 Å². The van der Waals surface area contributed by atoms with Crippen LogP contribution < -0.4 is 0 Å². The molecular formula is C11H16N2. The molecule has 2 fully saturated rings. The third-order valence-corrected chi connectivity index (χ3v) is 3.28. The fourth-order valence-corrected chi connectivity index (χ4v) is 2.55. The maximum absolute atomic E-state index is 8.98. The summed E-state index contributed by atoms with van der Waals surface area (Å²) in [5.41, 5.74) is 1.37. The van der Waals surface area contributed by atoms with Gasteiger partial charge in [-0.3, -0.25) is 4.90 Å². The van der Waals surface area contributed by atoms with Crippen molar-refractivity contribution in [2.45, 2.75) is 44.2 Å². The molecule has 0 aliphatic carbocycles. The normalized spacial score (nSPS) is 35.2. The predicted octanol–water partition coefficient (Wildman–Crippen LogP) is 2.08. The lowest BCUT2D eigenvalue weighted by atomic mass is 9.87. The highest BCUT2D eigenvalue weighted by Gasteiger charge is 2.32. The third-order valence-electron chi connectivity index (χ3n) is 3.28. The molecule has 0 unspecified atom stereocenters. The molecule has 2 nitrogen and oxygen atoms in total. The lowest BCUT2D eigenvalue weighted by Gasteiger charge is -2.42. The molecule has 0 saturated carbocycles. The van der Waals surface area contributed by atoms with Gasteiger partial charge in [0.05, 0.1) is 12.1 Å². The van der Waals surface area contributed by atoms with Crippen LogP contribution in [0.25, 0.3) is 0 Å². The average Bonchev–Trinajstić information content (AvgIpc) is 2.16. The van der Waals surface area contributed by atoms with Gasteiger partial charge in [0.1, 0.15) is 0 Å². The summed E-state index contributed by atoms with van der Waals surface area (Å²) < 4.78 is 0. The first-order valence-corrected chi connectivity index (χ1v) is 5.13. The van der Waals surface area contributed by atoms with Crippen molar-refractivity contribution in [3.05, 3.63) is 12.2 Å². The maximum atomic E-state index is 8.98. The van der Waals surface area contributed by atoms with E-state index in [-0.39, 0.29) is 6.04 Å². The Morgan fingerprint density at radius 3 is 3.08 bits per heavy atom. The van der Waals surface area contributed by atoms with E-state index in [0.29, 0.717) is 6.04 Å². The van der Waals surface area contributed by atoms with Gasteiger partial charge in [-0.15, -0.1) is 0 Å². The Balaban J connectivity index is 2.08. The first-order chi connectivity index (χ1) is 6.31. The van der Waals surface area contributed by atoms with Gasteiger partial charge in [-0.25, -0.2) is 0 Å². The van der Waals surface area contributed by atoms with Crippen LogP contribution in [-0.4, -0.2) is 23.5 Å². The van der Waals surface area contributed by atoms with Gasteiger partial charge in [0, 0.05) is 12.6 Å². The van der Waals surface area contributed by atoms with Crippen LogP contribution in [0.4, 0.5) is 0 Å². The minimum atomic E-state index is 0.187. The largest absolute Gasteiger partial charge is 0.284 e. The Kier molecular flexibility index (Phi) is 2.37. The van der Waals surface area contributed by atoms with Crippen molar-refractivity contribution in [1.29, 1.82) is 5.26 Å². The Bertz CT molecular complexity index is 251. The predicted molar refractivity (Wildman–Crippen MR) is 52.1 cm³/mol. The molecule has 2 rings (SSSR count). The van der Waals surface area contributed by atoms with Crippen LogP contribution in [0.15, 0.2) is 12.2 Å². The first kappa shape index (κ1) is 8.77. The summed E-state index contributed by atoms with van der Waals surface area (Å²) in [4.78, 5) is 2.39. The SMILES string of the molecule is C=C1CCN2[C@H](CCC[C@@H]2C#N)C1. The summed E-state index contributed by atoms with van der Waals surface area (Å²) in [5.74, 6) is 0. The van der Waals surface area contributed by atoms with Crippen molar-refractivity contribution in [3.8, 4) is 6.07 Å². The summed E-state index contributed by atoms with van der Waals surface area (Å²) in [7, 11) is 0. The zero-order valence-electron chi connectivity index (χ0n) is 8.00. The number of hydrogen-bond acceptors (Lipinski definition) is 2. The fourth-order valence-electron chi connectivity index (χ4n) is 2.55. The second-order valence-electron chi connectivity index (χ2n) is 4.17. The van der Waals surface area contributed by atoms with E-state index >= 15 is 0 Å². The number of rotatable bonds is 0. The molecule has 0 spiro atoms. The Morgan fingerprint density at radius 2 is 2.31 bits per heavy atom. The molecule has 0 aromatic rings. The van der Waals surface area contributed by atoms with Crippen molar-refractivity contribution < 1.29 is 0 Å². The highest BCUT2D eigenvalue weighted by atomic mass is 15.2. The highest BCUT2D eigenvalue weighted by Crippen LogP contribution is 2.31. The quantitative estimate of drug-likeness (QED) is 0.528. The molecule has 0 aromatic heterocycles. The molecule has 0 amide bonds. The van der Waals surface area contributed by atoms with Gasteiger partial charge >= 0.3 is 0 Å². The van der Waals surface area contributed by atoms with Crippen molar-refractivity contribution >= 4 is 0 Å². The molecule has 0 N–H and O–H groups in total. The smallest absolute Gasteiger partial charge is 0.0980 e. The molecule has 2 heterocycles. The Hall–Kier alpha value is -0.810. The van der Waals surface area contributed by atoms with E-state index < -0.39 is 0 Å². The zero-order chi connectivity index (χ0) is 9.26. The van der Waals surface area contributed by atoms with Crippen LogP contribution in [0.3, 0.4) is 0 Å². The Morgan fingerprint density at radius 1 is 1.46 bits per heavy atom. The van der Waals surface area contributed by atoms with Crippen LogP contribution in [0.5, 0.6) is 0 Å². The highest BCUT2D eigenvalue weighted by molar-refractivity contribution is 5.08. The van der Waals surface area contributed by atoms with Crippen LogP contribution in [0.2, 0.25) is 0 Å². The van der Waals surface area contributed by atoms with Gasteiger partial charge in [-0.05, 0) is 32.1 Å². The van der Waals surface area contributed by atoms with Crippen LogP contribution in [0.1, 0.15) is 32.1 Å². The van der Waals surface area contributed by atoms with Crippen molar-refractivity contribution in [2.75, 3.05) is 6.54 Å². The van der Waals surface area contributed by atoms with Gasteiger partial charge in [-0.1, -0.05) is 12.2 Å². The molecule has 2 atom stereocenters. The monoisotopic (exact) mass is 176 g/mol. The standard InChI is InChI=1S/C11H16N2/c1-9-5-6-13-10(7-9)3-2-4-11(13)8-12/h10-11H,1-7H2/t10-,11-/m1/s1. The van der Waals surface area contributed by atoms with Crippen LogP contribution in [0, 0.1) is 11.3 Å². The molecular weight excluding hydrogens is 160 g/mol. The number of piperidine rings is 2. The lowest BCUT2D eigenvalue weighted by Crippen LogP contribution is -2.48. The zero-order valence-corrected chi connectivity index (χ0v) is 8.00. The molecule has 70 valence electrons. The number of hydrogen-bond donors (Lipinski definition) is 0. The van der Waals surface area contributed by atoms with Gasteiger partial charge in [0.15, 0.2) is 0 Å². The number of fused-ring (bicyclic) bond motifs is 1. The minimum Gasteiger partial charge on any atom is -0.284 e. The second-order valence-corrected chi connectivity index (χ2v) is 4.17. The summed E-state index contributed by atoms with van der Waals surface area (Å²) >= 11 is 0. The van der Waals surface area contributed by atoms with E-state index in [1.54, 1.807) is 0 Å². The van der Waals surface area contributed by atoms with E-state index in [2.05, 4.69) is 17.5 Å². The van der Waals surface area contributed by atoms with Crippen LogP contribution >= 0.6 is 0 Å². The van der Waals surface area contributed by atoms with Crippen LogP contribution in [-0.2, 0) is 0 Å². The maximum Gasteiger partial charge on any atom is 0.0980 e. The molecule has 13 heavy (non-hydrogen) atoms. The van der Waals surface area contributed by atoms with Crippen molar-refractivity contribution in [1.82, 2.24) is 4.90 Å². The molecule has 2 aliphatic rings. The van der Waals surface area contributed by atoms with E-state index in [9.17, 15) is 0 Å². The molecule has 2 aliphatic heterocycles. The number of nitriles is 1. The number of nitrogens with zero attached hydrogens (tertiary/aromatic N) is 2. The van der Waals surface area contributed by atoms with E-state index in [0.717, 1.165) is 25.8 Å². The van der Waals surface area contributed by atoms with Crippen molar-refractivity contribution in [2.24, 2.45) is 0 Å². The molecule has 0 radical (unpaired) electrons. The fraction of sp³-hybridized carbons (Fsp3) is 0.727. The summed E-state index contributed by atoms with van der Waals surface area (Å²) in [6, 6.07) is 3.23. The molecule has 0 aromatic carbocycles. The lowest BCUT2D eigenvalue weighted by molar-refractivity contribution is 0.0964. The third kappa shape index (κ3) is 1.62. The van der Waals surface area contributed by atoms with Gasteiger partial charge in [0.25, 0.3) is 0 Å². The second kappa shape index (κ2) is 3.51. The van der Waals surface area contributed by atoms with E-state index in [1.807, 2.05) is 0 Å².